The predicted octanol–water partition coefficient (Wildman–Crippen LogP) is 7.35. The van der Waals surface area contributed by atoms with Gasteiger partial charge in [0.15, 0.2) is 0 Å². The monoisotopic (exact) mass is 642 g/mol. The van der Waals surface area contributed by atoms with E-state index in [2.05, 4.69) is 32.7 Å². The van der Waals surface area contributed by atoms with E-state index in [4.69, 9.17) is 32.7 Å². The summed E-state index contributed by atoms with van der Waals surface area (Å²) in [6.07, 6.45) is 1.93. The Balaban J connectivity index is 0.000000168. The van der Waals surface area contributed by atoms with Crippen LogP contribution in [0.3, 0.4) is 0 Å². The highest BCUT2D eigenvalue weighted by Crippen LogP contribution is 2.35. The second-order valence-corrected chi connectivity index (χ2v) is 12.9. The third-order valence-electron chi connectivity index (χ3n) is 7.65. The van der Waals surface area contributed by atoms with Crippen LogP contribution >= 0.6 is 45.9 Å². The van der Waals surface area contributed by atoms with E-state index in [0.29, 0.717) is 10.0 Å². The van der Waals surface area contributed by atoms with Crippen LogP contribution < -0.4 is 0 Å². The molecule has 0 saturated heterocycles. The van der Waals surface area contributed by atoms with Crippen LogP contribution in [0.4, 0.5) is 0 Å². The number of fused-ring (bicyclic) bond motifs is 2. The minimum Gasteiger partial charge on any atom is -0.468 e. The molecule has 0 bridgehead atoms. The molecule has 1 unspecified atom stereocenters. The average Bonchev–Trinajstić information content (AvgIpc) is 3.68. The van der Waals surface area contributed by atoms with Crippen LogP contribution in [-0.4, -0.2) is 49.0 Å². The Labute approximate surface area is 264 Å². The molecule has 0 N–H and O–H groups in total. The lowest BCUT2D eigenvalue weighted by Gasteiger charge is -2.33. The van der Waals surface area contributed by atoms with Crippen LogP contribution in [0.2, 0.25) is 10.0 Å². The smallest absolute Gasteiger partial charge is 0.327 e. The highest BCUT2D eigenvalue weighted by atomic mass is 35.5. The van der Waals surface area contributed by atoms with Gasteiger partial charge in [-0.05, 0) is 70.1 Å². The molecule has 2 aromatic heterocycles. The van der Waals surface area contributed by atoms with Gasteiger partial charge in [-0.3, -0.25) is 9.80 Å². The van der Waals surface area contributed by atoms with Crippen molar-refractivity contribution in [1.82, 2.24) is 9.80 Å². The zero-order valence-electron chi connectivity index (χ0n) is 23.4. The summed E-state index contributed by atoms with van der Waals surface area (Å²) in [5.74, 6) is -0.524. The number of rotatable bonds is 6. The Kier molecular flexibility index (Phi) is 10.4. The zero-order valence-corrected chi connectivity index (χ0v) is 26.6. The van der Waals surface area contributed by atoms with Crippen molar-refractivity contribution in [3.8, 4) is 0 Å². The first-order valence-electron chi connectivity index (χ1n) is 13.6. The topological polar surface area (TPSA) is 59.1 Å². The molecule has 6 rings (SSSR count). The molecule has 2 aliphatic rings. The minimum absolute atomic E-state index is 0.262. The van der Waals surface area contributed by atoms with Gasteiger partial charge in [-0.15, -0.1) is 22.7 Å². The van der Waals surface area contributed by atoms with E-state index in [0.717, 1.165) is 50.1 Å². The number of thiophene rings is 2. The molecule has 220 valence electrons. The second kappa shape index (κ2) is 14.2. The van der Waals surface area contributed by atoms with Gasteiger partial charge in [0.25, 0.3) is 0 Å². The number of methoxy groups -OCH3 is 2. The van der Waals surface area contributed by atoms with Gasteiger partial charge < -0.3 is 9.47 Å². The summed E-state index contributed by atoms with van der Waals surface area (Å²) in [4.78, 5) is 31.7. The number of ether oxygens (including phenoxy) is 2. The van der Waals surface area contributed by atoms with Crippen LogP contribution in [0, 0.1) is 0 Å². The Bertz CT molecular complexity index is 1420. The molecule has 6 nitrogen and oxygen atoms in total. The number of carbonyl (C=O) groups is 2. The van der Waals surface area contributed by atoms with E-state index in [1.807, 2.05) is 48.5 Å². The summed E-state index contributed by atoms with van der Waals surface area (Å²) >= 11 is 16.1. The number of nitrogens with zero attached hydrogens (tertiary/aromatic N) is 2. The molecule has 2 aliphatic heterocycles. The SMILES string of the molecule is COC(=O)C(c1ccccc1Cl)N1CCc2sccc2C1.COC(=O)[C@H](c1ccccc1Cl)N1CCc2sccc2C1. The molecular formula is C32H32Cl2N2O4S2. The van der Waals surface area contributed by atoms with Crippen molar-refractivity contribution in [2.75, 3.05) is 27.3 Å². The van der Waals surface area contributed by atoms with Crippen LogP contribution in [0.15, 0.2) is 71.4 Å². The minimum atomic E-state index is -0.447. The first-order chi connectivity index (χ1) is 20.4. The Hall–Kier alpha value is -2.72. The first kappa shape index (κ1) is 30.7. The maximum absolute atomic E-state index is 12.3. The van der Waals surface area contributed by atoms with E-state index < -0.39 is 12.1 Å². The lowest BCUT2D eigenvalue weighted by molar-refractivity contribution is -0.148. The fourth-order valence-corrected chi connectivity index (χ4v) is 7.80. The number of hydrogen-bond donors (Lipinski definition) is 0. The standard InChI is InChI=1S/2C16H16ClNO2S/c2*1-20-16(19)15(12-4-2-3-5-13(12)17)18-8-6-14-11(10-18)7-9-21-14/h2*2-5,7,9,15H,6,8,10H2,1H3/t15-;/m0./s1. The summed E-state index contributed by atoms with van der Waals surface area (Å²) in [5.41, 5.74) is 4.22. The van der Waals surface area contributed by atoms with Crippen molar-refractivity contribution in [2.24, 2.45) is 0 Å². The second-order valence-electron chi connectivity index (χ2n) is 10.1. The van der Waals surface area contributed by atoms with E-state index in [9.17, 15) is 9.59 Å². The maximum atomic E-state index is 12.3. The number of hydrogen-bond acceptors (Lipinski definition) is 8. The van der Waals surface area contributed by atoms with Crippen LogP contribution in [-0.2, 0) is 45.0 Å². The van der Waals surface area contributed by atoms with Gasteiger partial charge in [-0.2, -0.15) is 0 Å². The molecule has 0 fully saturated rings. The summed E-state index contributed by atoms with van der Waals surface area (Å²) in [7, 11) is 2.85. The number of esters is 2. The quantitative estimate of drug-likeness (QED) is 0.205. The van der Waals surface area contributed by atoms with E-state index in [1.54, 1.807) is 22.7 Å². The molecule has 0 saturated carbocycles. The van der Waals surface area contributed by atoms with Gasteiger partial charge >= 0.3 is 11.9 Å². The number of carbonyl (C=O) groups excluding carboxylic acids is 2. The molecule has 2 aromatic carbocycles. The van der Waals surface area contributed by atoms with Crippen molar-refractivity contribution in [2.45, 2.75) is 38.0 Å². The predicted molar refractivity (Wildman–Crippen MR) is 169 cm³/mol. The molecule has 10 heteroatoms. The highest BCUT2D eigenvalue weighted by molar-refractivity contribution is 7.10. The fourth-order valence-electron chi connectivity index (χ4n) is 5.54. The van der Waals surface area contributed by atoms with Crippen molar-refractivity contribution in [1.29, 1.82) is 0 Å². The fraction of sp³-hybridized carbons (Fsp3) is 0.312. The third kappa shape index (κ3) is 6.75. The molecule has 42 heavy (non-hydrogen) atoms. The van der Waals surface area contributed by atoms with Gasteiger partial charge in [0, 0.05) is 46.0 Å². The Morgan fingerprint density at radius 3 is 1.48 bits per heavy atom. The third-order valence-corrected chi connectivity index (χ3v) is 10.4. The first-order valence-corrected chi connectivity index (χ1v) is 16.2. The van der Waals surface area contributed by atoms with Crippen molar-refractivity contribution < 1.29 is 19.1 Å². The van der Waals surface area contributed by atoms with Gasteiger partial charge in [0.05, 0.1) is 14.2 Å². The molecule has 0 spiro atoms. The summed E-state index contributed by atoms with van der Waals surface area (Å²) in [6, 6.07) is 18.3. The van der Waals surface area contributed by atoms with Gasteiger partial charge in [-0.1, -0.05) is 59.6 Å². The summed E-state index contributed by atoms with van der Waals surface area (Å²) < 4.78 is 10.0. The summed E-state index contributed by atoms with van der Waals surface area (Å²) in [6.45, 7) is 3.17. The van der Waals surface area contributed by atoms with Crippen LogP contribution in [0.1, 0.15) is 44.1 Å². The van der Waals surface area contributed by atoms with Gasteiger partial charge in [0.1, 0.15) is 12.1 Å². The molecule has 0 aliphatic carbocycles. The van der Waals surface area contributed by atoms with Crippen molar-refractivity contribution >= 4 is 57.8 Å². The maximum Gasteiger partial charge on any atom is 0.327 e. The number of benzene rings is 2. The molecular weight excluding hydrogens is 611 g/mol. The normalized spacial score (nSPS) is 16.3. The molecule has 4 aromatic rings. The van der Waals surface area contributed by atoms with Crippen LogP contribution in [0.5, 0.6) is 0 Å². The van der Waals surface area contributed by atoms with Crippen LogP contribution in [0.25, 0.3) is 0 Å². The van der Waals surface area contributed by atoms with Gasteiger partial charge in [0.2, 0.25) is 0 Å². The lowest BCUT2D eigenvalue weighted by Crippen LogP contribution is -2.38. The Morgan fingerprint density at radius 1 is 0.690 bits per heavy atom. The molecule has 0 amide bonds. The van der Waals surface area contributed by atoms with Crippen molar-refractivity contribution in [3.63, 3.8) is 0 Å². The van der Waals surface area contributed by atoms with Gasteiger partial charge in [-0.25, -0.2) is 9.59 Å². The number of halogens is 2. The van der Waals surface area contributed by atoms with E-state index in [1.165, 1.54) is 35.1 Å². The average molecular weight is 644 g/mol. The zero-order chi connectivity index (χ0) is 29.6. The Morgan fingerprint density at radius 2 is 1.10 bits per heavy atom. The lowest BCUT2D eigenvalue weighted by atomic mass is 10.0. The van der Waals surface area contributed by atoms with E-state index >= 15 is 0 Å². The molecule has 0 radical (unpaired) electrons. The highest BCUT2D eigenvalue weighted by Gasteiger charge is 2.34. The molecule has 2 atom stereocenters. The van der Waals surface area contributed by atoms with Crippen molar-refractivity contribution in [3.05, 3.63) is 113 Å². The summed E-state index contributed by atoms with van der Waals surface area (Å²) in [5, 5.41) is 5.42. The van der Waals surface area contributed by atoms with E-state index in [-0.39, 0.29) is 11.9 Å². The largest absolute Gasteiger partial charge is 0.468 e. The molecule has 4 heterocycles.